The molecule has 1 N–H and O–H groups in total. The average molecular weight is 1100 g/mol. The van der Waals surface area contributed by atoms with E-state index in [2.05, 4.69) is 96.2 Å². The molecule has 1 aliphatic heterocycles. The summed E-state index contributed by atoms with van der Waals surface area (Å²) in [4.78, 5) is 0. The molecule has 0 saturated heterocycles. The Bertz CT molecular complexity index is 1840. The van der Waals surface area contributed by atoms with Gasteiger partial charge in [-0.2, -0.15) is 0 Å². The molecule has 0 aromatic heterocycles. The summed E-state index contributed by atoms with van der Waals surface area (Å²) in [5, 5.41) is 0. The van der Waals surface area contributed by atoms with E-state index in [-0.39, 0.29) is 0 Å². The highest BCUT2D eigenvalue weighted by Crippen LogP contribution is 2.38. The van der Waals surface area contributed by atoms with Crippen molar-refractivity contribution < 1.29 is 4.68 Å². The van der Waals surface area contributed by atoms with E-state index >= 15 is 0 Å². The number of hydrogen-bond donors (Lipinski definition) is 0. The third kappa shape index (κ3) is 33.4. The second-order valence-corrected chi connectivity index (χ2v) is 25.6. The Morgan fingerprint density at radius 1 is 0.300 bits per heavy atom. The minimum absolute atomic E-state index is 1.03. The highest BCUT2D eigenvalue weighted by Gasteiger charge is 2.35. The van der Waals surface area contributed by atoms with Crippen LogP contribution >= 0.6 is 0 Å². The van der Waals surface area contributed by atoms with Gasteiger partial charge in [-0.05, 0) is 117 Å². The normalized spacial score (nSPS) is 13.4. The summed E-state index contributed by atoms with van der Waals surface area (Å²) in [5.41, 5.74) is 13.3. The van der Waals surface area contributed by atoms with Gasteiger partial charge in [0.05, 0.1) is 11.1 Å². The molecular formula is C78H134N2. The number of unbranched alkanes of at least 4 members (excludes halogenated alkanes) is 43. The van der Waals surface area contributed by atoms with Crippen LogP contribution in [0.3, 0.4) is 0 Å². The van der Waals surface area contributed by atoms with E-state index in [1.165, 1.54) is 340 Å². The van der Waals surface area contributed by atoms with Crippen LogP contribution < -0.4 is 0 Å². The van der Waals surface area contributed by atoms with Crippen molar-refractivity contribution in [3.63, 3.8) is 0 Å². The fraction of sp³-hybridized carbons (Fsp3) is 0.756. The second-order valence-electron chi connectivity index (χ2n) is 25.6. The van der Waals surface area contributed by atoms with Gasteiger partial charge in [0.15, 0.2) is 0 Å². The summed E-state index contributed by atoms with van der Waals surface area (Å²) < 4.78 is 1.93. The lowest BCUT2D eigenvalue weighted by molar-refractivity contribution is -0.347. The third-order valence-corrected chi connectivity index (χ3v) is 17.8. The van der Waals surface area contributed by atoms with Gasteiger partial charge in [-0.1, -0.05) is 342 Å². The van der Waals surface area contributed by atoms with Crippen LogP contribution in [-0.4, -0.2) is 10.4 Å². The standard InChI is InChI=1S/C78H134N2/c1-7-13-19-24-29-30-31-32-33-34-35-36-37-38-39-40-41-42-43-44-45-46-51-56-62-76-75(61-18-12-6)77(73-65-69(57-52-47-25-20-14-8-2)63-70(66-73)58-53-48-26-21-15-9-3)80(79)78(76)74-67-71(59-54-49-27-22-16-10-4)64-72(68-74)60-55-50-28-23-17-11-5/h56,61-68,79H,7-55,57-60H2,1-6H3. The lowest BCUT2D eigenvalue weighted by Crippen LogP contribution is -2.13. The van der Waals surface area contributed by atoms with Crippen LogP contribution in [0.5, 0.6) is 0 Å². The van der Waals surface area contributed by atoms with Gasteiger partial charge in [0.1, 0.15) is 0 Å². The summed E-state index contributed by atoms with van der Waals surface area (Å²) >= 11 is 0. The average Bonchev–Trinajstić information content (AvgIpc) is 3.78. The minimum Gasteiger partial charge on any atom is -0.448 e. The van der Waals surface area contributed by atoms with Gasteiger partial charge in [0.2, 0.25) is 11.4 Å². The number of hydrogen-bond acceptors (Lipinski definition) is 0. The summed E-state index contributed by atoms with van der Waals surface area (Å²) in [6, 6.07) is 15.2. The van der Waals surface area contributed by atoms with Crippen molar-refractivity contribution in [2.24, 2.45) is 0 Å². The van der Waals surface area contributed by atoms with Crippen molar-refractivity contribution in [1.82, 2.24) is 0 Å². The largest absolute Gasteiger partial charge is 0.448 e. The smallest absolute Gasteiger partial charge is 0.216 e. The number of rotatable bonds is 56. The van der Waals surface area contributed by atoms with Crippen molar-refractivity contribution in [3.05, 3.63) is 105 Å². The minimum atomic E-state index is 1.03. The number of benzene rings is 2. The van der Waals surface area contributed by atoms with Gasteiger partial charge < -0.3 is 5.84 Å². The third-order valence-electron chi connectivity index (χ3n) is 17.8. The Morgan fingerprint density at radius 3 is 0.875 bits per heavy atom. The maximum absolute atomic E-state index is 10.4. The molecule has 3 rings (SSSR count). The Labute approximate surface area is 500 Å². The van der Waals surface area contributed by atoms with Crippen LogP contribution in [0.2, 0.25) is 0 Å². The van der Waals surface area contributed by atoms with E-state index in [1.807, 2.05) is 4.68 Å². The molecule has 2 aromatic rings. The first kappa shape index (κ1) is 71.4. The van der Waals surface area contributed by atoms with Crippen molar-refractivity contribution in [3.8, 4) is 0 Å². The predicted molar refractivity (Wildman–Crippen MR) is 361 cm³/mol. The van der Waals surface area contributed by atoms with E-state index in [9.17, 15) is 5.84 Å². The van der Waals surface area contributed by atoms with Crippen molar-refractivity contribution in [2.45, 2.75) is 382 Å². The van der Waals surface area contributed by atoms with E-state index in [0.717, 1.165) is 56.4 Å². The monoisotopic (exact) mass is 1100 g/mol. The molecule has 0 bridgehead atoms. The molecule has 0 amide bonds. The fourth-order valence-corrected chi connectivity index (χ4v) is 12.7. The van der Waals surface area contributed by atoms with E-state index < -0.39 is 0 Å². The molecule has 1 aliphatic rings. The van der Waals surface area contributed by atoms with E-state index in [1.54, 1.807) is 0 Å². The molecule has 2 nitrogen and oxygen atoms in total. The van der Waals surface area contributed by atoms with Crippen LogP contribution in [0.4, 0.5) is 0 Å². The molecule has 0 atom stereocenters. The Kier molecular flexibility index (Phi) is 45.2. The molecule has 0 aliphatic carbocycles. The molecule has 80 heavy (non-hydrogen) atoms. The molecule has 0 radical (unpaired) electrons. The molecule has 2 heteroatoms. The summed E-state index contributed by atoms with van der Waals surface area (Å²) in [6.07, 6.45) is 78.5. The lowest BCUT2D eigenvalue weighted by atomic mass is 9.90. The number of aryl methyl sites for hydroxylation is 4. The molecular weight excluding hydrogens is 965 g/mol. The molecule has 0 fully saturated rings. The van der Waals surface area contributed by atoms with Crippen molar-refractivity contribution >= 4 is 11.4 Å². The van der Waals surface area contributed by atoms with Gasteiger partial charge in [-0.15, -0.1) is 0 Å². The number of nitrogens with zero attached hydrogens (tertiary/aromatic N) is 1. The Morgan fingerprint density at radius 2 is 0.575 bits per heavy atom. The quantitative estimate of drug-likeness (QED) is 0.0466. The maximum Gasteiger partial charge on any atom is 0.216 e. The van der Waals surface area contributed by atoms with Gasteiger partial charge in [-0.25, -0.2) is 4.68 Å². The van der Waals surface area contributed by atoms with Crippen LogP contribution in [0, 0.1) is 0 Å². The van der Waals surface area contributed by atoms with Crippen molar-refractivity contribution in [1.29, 1.82) is 0 Å². The van der Waals surface area contributed by atoms with Gasteiger partial charge in [0.25, 0.3) is 0 Å². The molecule has 456 valence electrons. The Balaban J connectivity index is 1.81. The summed E-state index contributed by atoms with van der Waals surface area (Å²) in [7, 11) is 0. The molecule has 2 aromatic carbocycles. The predicted octanol–water partition coefficient (Wildman–Crippen LogP) is 26.8. The summed E-state index contributed by atoms with van der Waals surface area (Å²) in [6.45, 7) is 13.9. The highest BCUT2D eigenvalue weighted by atomic mass is 15.3. The molecule has 0 spiro atoms. The first-order chi connectivity index (χ1) is 39.5. The highest BCUT2D eigenvalue weighted by molar-refractivity contribution is 6.17. The number of allylic oxidation sites excluding steroid dienone is 5. The van der Waals surface area contributed by atoms with Gasteiger partial charge in [0, 0.05) is 11.1 Å². The zero-order valence-corrected chi connectivity index (χ0v) is 54.6. The van der Waals surface area contributed by atoms with Gasteiger partial charge >= 0.3 is 0 Å². The zero-order valence-electron chi connectivity index (χ0n) is 54.6. The molecule has 0 unspecified atom stereocenters. The van der Waals surface area contributed by atoms with Gasteiger partial charge in [-0.3, -0.25) is 0 Å². The first-order valence-corrected chi connectivity index (χ1v) is 36.3. The topological polar surface area (TPSA) is 26.8 Å². The molecule has 0 saturated carbocycles. The zero-order chi connectivity index (χ0) is 57.2. The summed E-state index contributed by atoms with van der Waals surface area (Å²) in [5.74, 6) is 10.4. The van der Waals surface area contributed by atoms with E-state index in [0.29, 0.717) is 0 Å². The maximum atomic E-state index is 10.4. The SMILES string of the molecule is CCCC=C1C(C=CCCCCCCCCCCCCCCCCCCCCCCCC)=C(c2cc(CCCCCCCC)cc(CCCCCCCC)c2)[N+]([NH-])=C1c1cc(CCCCCCCC)cc(CCCCCCCC)c1. The van der Waals surface area contributed by atoms with E-state index in [4.69, 9.17) is 0 Å². The number of nitrogens with one attached hydrogen (secondary N) is 1. The van der Waals surface area contributed by atoms with Crippen LogP contribution in [-0.2, 0) is 25.7 Å². The van der Waals surface area contributed by atoms with Crippen LogP contribution in [0.15, 0.2) is 65.8 Å². The molecule has 1 heterocycles. The second kappa shape index (κ2) is 50.6. The fourth-order valence-electron chi connectivity index (χ4n) is 12.7. The lowest BCUT2D eigenvalue weighted by Gasteiger charge is -2.14. The van der Waals surface area contributed by atoms with Crippen LogP contribution in [0.1, 0.15) is 390 Å². The van der Waals surface area contributed by atoms with Crippen LogP contribution in [0.25, 0.3) is 11.5 Å². The Hall–Kier alpha value is -2.87. The first-order valence-electron chi connectivity index (χ1n) is 36.3. The van der Waals surface area contributed by atoms with Crippen molar-refractivity contribution in [2.75, 3.05) is 0 Å².